The number of fused-ring (bicyclic) bond motifs is 1. The summed E-state index contributed by atoms with van der Waals surface area (Å²) < 4.78 is 29.8. The molecule has 8 nitrogen and oxygen atoms in total. The first-order valence-corrected chi connectivity index (χ1v) is 13.2. The maximum absolute atomic E-state index is 14.8. The molecule has 0 spiro atoms. The van der Waals surface area contributed by atoms with Crippen molar-refractivity contribution in [2.45, 2.75) is 32.7 Å². The summed E-state index contributed by atoms with van der Waals surface area (Å²) in [7, 11) is 0. The molecule has 4 heterocycles. The van der Waals surface area contributed by atoms with Gasteiger partial charge in [-0.05, 0) is 36.6 Å². The maximum Gasteiger partial charge on any atom is 0.355 e. The molecule has 1 fully saturated rings. The van der Waals surface area contributed by atoms with Crippen LogP contribution in [0.3, 0.4) is 0 Å². The van der Waals surface area contributed by atoms with E-state index >= 15 is 0 Å². The van der Waals surface area contributed by atoms with Crippen LogP contribution in [-0.2, 0) is 4.79 Å². The Bertz CT molecular complexity index is 1710. The van der Waals surface area contributed by atoms with Gasteiger partial charge >= 0.3 is 5.69 Å². The average molecular weight is 565 g/mol. The quantitative estimate of drug-likeness (QED) is 0.313. The van der Waals surface area contributed by atoms with Gasteiger partial charge in [-0.1, -0.05) is 50.2 Å². The molecule has 1 aromatic carbocycles. The van der Waals surface area contributed by atoms with E-state index in [2.05, 4.69) is 21.5 Å². The monoisotopic (exact) mass is 564 g/mol. The number of hydrogen-bond donors (Lipinski definition) is 0. The van der Waals surface area contributed by atoms with E-state index in [1.54, 1.807) is 17.0 Å². The molecule has 0 N–H and O–H groups in total. The second kappa shape index (κ2) is 10.8. The minimum atomic E-state index is -0.934. The molecule has 1 amide bonds. The third-order valence-electron chi connectivity index (χ3n) is 7.02. The SMILES string of the molecule is C=CC(=O)N1CCN(c2nc(=O)n(-c3ccccc3C(C)C)c3nc(-c4ncc(F)cc4F)c(Cl)cc23)[C@@H](C)C1. The van der Waals surface area contributed by atoms with Crippen molar-refractivity contribution in [3.8, 4) is 17.1 Å². The normalized spacial score (nSPS) is 15.6. The highest BCUT2D eigenvalue weighted by Crippen LogP contribution is 2.35. The number of amides is 1. The van der Waals surface area contributed by atoms with Gasteiger partial charge in [-0.15, -0.1) is 0 Å². The summed E-state index contributed by atoms with van der Waals surface area (Å²) in [6, 6.07) is 9.50. The van der Waals surface area contributed by atoms with Gasteiger partial charge < -0.3 is 9.80 Å². The Kier molecular flexibility index (Phi) is 7.37. The van der Waals surface area contributed by atoms with E-state index in [1.165, 1.54) is 10.6 Å². The van der Waals surface area contributed by atoms with Gasteiger partial charge in [0.2, 0.25) is 5.91 Å². The standard InChI is InChI=1S/C29H27ClF2N6O2/c1-5-24(39)36-10-11-37(17(4)15-36)27-20-13-21(30)25(26-22(32)12-18(31)14-33-26)34-28(20)38(29(40)35-27)23-9-7-6-8-19(23)16(2)3/h5-9,12-14,16-17H,1,10-11,15H2,2-4H3/t17-/m0/s1. The van der Waals surface area contributed by atoms with Gasteiger partial charge in [0, 0.05) is 31.7 Å². The van der Waals surface area contributed by atoms with Gasteiger partial charge in [-0.2, -0.15) is 4.98 Å². The summed E-state index contributed by atoms with van der Waals surface area (Å²) in [6.07, 6.45) is 2.16. The number of aromatic nitrogens is 4. The number of benzene rings is 1. The Hall–Kier alpha value is -4.18. The summed E-state index contributed by atoms with van der Waals surface area (Å²) >= 11 is 6.64. The summed E-state index contributed by atoms with van der Waals surface area (Å²) in [5.41, 5.74) is 0.802. The fourth-order valence-corrected chi connectivity index (χ4v) is 5.32. The predicted octanol–water partition coefficient (Wildman–Crippen LogP) is 5.12. The first-order valence-electron chi connectivity index (χ1n) is 12.8. The number of pyridine rings is 2. The Balaban J connectivity index is 1.79. The number of nitrogens with zero attached hydrogens (tertiary/aromatic N) is 6. The molecular weight excluding hydrogens is 538 g/mol. The van der Waals surface area contributed by atoms with Crippen LogP contribution in [0.4, 0.5) is 14.6 Å². The molecule has 1 aliphatic rings. The van der Waals surface area contributed by atoms with E-state index in [1.807, 2.05) is 43.9 Å². The van der Waals surface area contributed by atoms with Crippen LogP contribution < -0.4 is 10.6 Å². The van der Waals surface area contributed by atoms with E-state index in [0.29, 0.717) is 42.6 Å². The zero-order valence-electron chi connectivity index (χ0n) is 22.2. The van der Waals surface area contributed by atoms with E-state index < -0.39 is 17.3 Å². The van der Waals surface area contributed by atoms with Crippen molar-refractivity contribution in [2.75, 3.05) is 24.5 Å². The van der Waals surface area contributed by atoms with Crippen LogP contribution in [0.25, 0.3) is 28.1 Å². The van der Waals surface area contributed by atoms with Gasteiger partial charge in [-0.25, -0.2) is 28.1 Å². The zero-order valence-corrected chi connectivity index (χ0v) is 23.0. The van der Waals surface area contributed by atoms with Gasteiger partial charge in [0.25, 0.3) is 0 Å². The number of hydrogen-bond acceptors (Lipinski definition) is 6. The second-order valence-corrected chi connectivity index (χ2v) is 10.4. The number of anilines is 1. The highest BCUT2D eigenvalue weighted by atomic mass is 35.5. The summed E-state index contributed by atoms with van der Waals surface area (Å²) in [4.78, 5) is 42.6. The third-order valence-corrected chi connectivity index (χ3v) is 7.31. The van der Waals surface area contributed by atoms with E-state index in [4.69, 9.17) is 11.6 Å². The minimum absolute atomic E-state index is 0.0338. The number of rotatable bonds is 5. The summed E-state index contributed by atoms with van der Waals surface area (Å²) in [6.45, 7) is 10.7. The molecular formula is C29H27ClF2N6O2. The first-order chi connectivity index (χ1) is 19.1. The van der Waals surface area contributed by atoms with Gasteiger partial charge in [0.15, 0.2) is 11.5 Å². The maximum atomic E-state index is 14.8. The third kappa shape index (κ3) is 4.83. The summed E-state index contributed by atoms with van der Waals surface area (Å²) in [5, 5.41) is 0.522. The number of halogens is 3. The van der Waals surface area contributed by atoms with E-state index in [9.17, 15) is 18.4 Å². The van der Waals surface area contributed by atoms with Crippen LogP contribution in [-0.4, -0.2) is 56.0 Å². The van der Waals surface area contributed by atoms with Crippen LogP contribution in [0.15, 0.2) is 60.0 Å². The Labute approximate surface area is 234 Å². The topological polar surface area (TPSA) is 84.2 Å². The molecule has 0 saturated carbocycles. The molecule has 0 aliphatic carbocycles. The molecule has 1 atom stereocenters. The number of piperazine rings is 1. The van der Waals surface area contributed by atoms with Crippen molar-refractivity contribution in [1.29, 1.82) is 0 Å². The van der Waals surface area contributed by atoms with Crippen LogP contribution in [0, 0.1) is 11.6 Å². The molecule has 3 aromatic heterocycles. The first kappa shape index (κ1) is 27.4. The average Bonchev–Trinajstić information content (AvgIpc) is 2.92. The largest absolute Gasteiger partial charge is 0.355 e. The molecule has 206 valence electrons. The molecule has 1 aliphatic heterocycles. The van der Waals surface area contributed by atoms with Crippen molar-refractivity contribution in [3.63, 3.8) is 0 Å². The van der Waals surface area contributed by atoms with Crippen LogP contribution in [0.1, 0.15) is 32.3 Å². The van der Waals surface area contributed by atoms with Crippen LogP contribution >= 0.6 is 11.6 Å². The van der Waals surface area contributed by atoms with Gasteiger partial charge in [0.05, 0.1) is 22.3 Å². The molecule has 40 heavy (non-hydrogen) atoms. The fraction of sp³-hybridized carbons (Fsp3) is 0.276. The van der Waals surface area contributed by atoms with Crippen molar-refractivity contribution >= 4 is 34.4 Å². The molecule has 11 heteroatoms. The number of carbonyl (C=O) groups excluding carboxylic acids is 1. The zero-order chi connectivity index (χ0) is 28.7. The lowest BCUT2D eigenvalue weighted by Gasteiger charge is -2.40. The molecule has 4 aromatic rings. The Morgan fingerprint density at radius 1 is 1.15 bits per heavy atom. The van der Waals surface area contributed by atoms with Crippen molar-refractivity contribution < 1.29 is 13.6 Å². The minimum Gasteiger partial charge on any atom is -0.350 e. The summed E-state index contributed by atoms with van der Waals surface area (Å²) in [5.74, 6) is -1.53. The number of para-hydroxylation sites is 1. The Morgan fingerprint density at radius 3 is 2.58 bits per heavy atom. The molecule has 5 rings (SSSR count). The second-order valence-electron chi connectivity index (χ2n) is 9.97. The molecule has 0 bridgehead atoms. The van der Waals surface area contributed by atoms with E-state index in [-0.39, 0.29) is 39.9 Å². The lowest BCUT2D eigenvalue weighted by molar-refractivity contribution is -0.126. The van der Waals surface area contributed by atoms with Crippen molar-refractivity contribution in [1.82, 2.24) is 24.4 Å². The lowest BCUT2D eigenvalue weighted by atomic mass is 10.0. The van der Waals surface area contributed by atoms with Crippen molar-refractivity contribution in [3.05, 3.63) is 88.0 Å². The molecule has 0 radical (unpaired) electrons. The van der Waals surface area contributed by atoms with E-state index in [0.717, 1.165) is 11.8 Å². The van der Waals surface area contributed by atoms with Gasteiger partial charge in [-0.3, -0.25) is 4.79 Å². The Morgan fingerprint density at radius 2 is 1.90 bits per heavy atom. The predicted molar refractivity (Wildman–Crippen MR) is 151 cm³/mol. The highest BCUT2D eigenvalue weighted by molar-refractivity contribution is 6.33. The smallest absolute Gasteiger partial charge is 0.350 e. The molecule has 0 unspecified atom stereocenters. The van der Waals surface area contributed by atoms with Crippen molar-refractivity contribution in [2.24, 2.45) is 0 Å². The lowest BCUT2D eigenvalue weighted by Crippen LogP contribution is -2.54. The van der Waals surface area contributed by atoms with Crippen LogP contribution in [0.5, 0.6) is 0 Å². The molecule has 1 saturated heterocycles. The number of carbonyl (C=O) groups is 1. The van der Waals surface area contributed by atoms with Crippen LogP contribution in [0.2, 0.25) is 5.02 Å². The highest BCUT2D eigenvalue weighted by Gasteiger charge is 2.30. The van der Waals surface area contributed by atoms with Gasteiger partial charge in [0.1, 0.15) is 23.0 Å². The fourth-order valence-electron chi connectivity index (χ4n) is 5.08.